The smallest absolute Gasteiger partial charge is 0.264 e. The van der Waals surface area contributed by atoms with Crippen molar-refractivity contribution in [3.8, 4) is 0 Å². The quantitative estimate of drug-likeness (QED) is 0.623. The first-order chi connectivity index (χ1) is 6.49. The summed E-state index contributed by atoms with van der Waals surface area (Å²) in [6.45, 7) is 0.983. The number of amides is 1. The standard InChI is InChI=1S/C7H13NO4S2/c1-14(10,11)12-6-7(9)8-2-4-13-5-3-8/h2-6H2,1H3. The molecule has 0 unspecified atom stereocenters. The molecule has 0 aromatic rings. The Morgan fingerprint density at radius 3 is 2.50 bits per heavy atom. The van der Waals surface area contributed by atoms with Crippen LogP contribution in [0.25, 0.3) is 0 Å². The normalized spacial score (nSPS) is 18.2. The number of hydrogen-bond donors (Lipinski definition) is 0. The first-order valence-corrected chi connectivity index (χ1v) is 7.16. The third-order valence-electron chi connectivity index (χ3n) is 1.76. The highest BCUT2D eigenvalue weighted by atomic mass is 32.2. The van der Waals surface area contributed by atoms with Gasteiger partial charge in [-0.05, 0) is 0 Å². The van der Waals surface area contributed by atoms with E-state index in [0.29, 0.717) is 13.1 Å². The van der Waals surface area contributed by atoms with Crippen LogP contribution in [0.2, 0.25) is 0 Å². The molecule has 0 aliphatic carbocycles. The number of rotatable bonds is 3. The Morgan fingerprint density at radius 2 is 2.00 bits per heavy atom. The van der Waals surface area contributed by atoms with Gasteiger partial charge in [0.1, 0.15) is 6.61 Å². The van der Waals surface area contributed by atoms with Crippen molar-refractivity contribution in [2.24, 2.45) is 0 Å². The molecule has 1 fully saturated rings. The van der Waals surface area contributed by atoms with E-state index in [0.717, 1.165) is 17.8 Å². The average Bonchev–Trinajstić information content (AvgIpc) is 2.14. The summed E-state index contributed by atoms with van der Waals surface area (Å²) in [4.78, 5) is 13.0. The number of thioether (sulfide) groups is 1. The zero-order valence-electron chi connectivity index (χ0n) is 7.93. The van der Waals surface area contributed by atoms with Crippen LogP contribution in [0.5, 0.6) is 0 Å². The van der Waals surface area contributed by atoms with Crippen LogP contribution < -0.4 is 0 Å². The van der Waals surface area contributed by atoms with Crippen molar-refractivity contribution in [2.75, 3.05) is 37.5 Å². The number of hydrogen-bond acceptors (Lipinski definition) is 5. The summed E-state index contributed by atoms with van der Waals surface area (Å²) in [5, 5.41) is 0. The number of carbonyl (C=O) groups excluding carboxylic acids is 1. The van der Waals surface area contributed by atoms with Crippen LogP contribution in [0.3, 0.4) is 0 Å². The predicted octanol–water partition coefficient (Wildman–Crippen LogP) is -0.462. The second-order valence-corrected chi connectivity index (χ2v) is 5.83. The lowest BCUT2D eigenvalue weighted by molar-refractivity contribution is -0.132. The Labute approximate surface area is 87.9 Å². The molecule has 1 amide bonds. The van der Waals surface area contributed by atoms with Crippen molar-refractivity contribution >= 4 is 27.8 Å². The van der Waals surface area contributed by atoms with Gasteiger partial charge in [-0.15, -0.1) is 0 Å². The average molecular weight is 239 g/mol. The lowest BCUT2D eigenvalue weighted by Gasteiger charge is -2.25. The zero-order chi connectivity index (χ0) is 10.6. The van der Waals surface area contributed by atoms with E-state index in [9.17, 15) is 13.2 Å². The summed E-state index contributed by atoms with van der Waals surface area (Å²) in [6, 6.07) is 0. The van der Waals surface area contributed by atoms with E-state index in [1.807, 2.05) is 0 Å². The molecule has 1 rings (SSSR count). The van der Waals surface area contributed by atoms with E-state index >= 15 is 0 Å². The van der Waals surface area contributed by atoms with Crippen LogP contribution in [0.4, 0.5) is 0 Å². The van der Waals surface area contributed by atoms with Gasteiger partial charge in [-0.3, -0.25) is 8.98 Å². The van der Waals surface area contributed by atoms with Gasteiger partial charge in [0, 0.05) is 24.6 Å². The van der Waals surface area contributed by atoms with Crippen molar-refractivity contribution in [2.45, 2.75) is 0 Å². The fourth-order valence-electron chi connectivity index (χ4n) is 1.06. The van der Waals surface area contributed by atoms with E-state index in [4.69, 9.17) is 0 Å². The molecule has 0 saturated carbocycles. The van der Waals surface area contributed by atoms with Crippen molar-refractivity contribution in [1.82, 2.24) is 4.90 Å². The molecule has 1 aliphatic rings. The maximum Gasteiger partial charge on any atom is 0.264 e. The van der Waals surface area contributed by atoms with Crippen LogP contribution in [0.1, 0.15) is 0 Å². The summed E-state index contributed by atoms with van der Waals surface area (Å²) in [5.74, 6) is 1.56. The summed E-state index contributed by atoms with van der Waals surface area (Å²) < 4.78 is 25.7. The lowest BCUT2D eigenvalue weighted by Crippen LogP contribution is -2.40. The minimum absolute atomic E-state index is 0.254. The first-order valence-electron chi connectivity index (χ1n) is 4.19. The van der Waals surface area contributed by atoms with E-state index in [2.05, 4.69) is 4.18 Å². The molecule has 1 aliphatic heterocycles. The molecular formula is C7H13NO4S2. The molecule has 0 aromatic heterocycles. The topological polar surface area (TPSA) is 63.7 Å². The highest BCUT2D eigenvalue weighted by Gasteiger charge is 2.18. The van der Waals surface area contributed by atoms with Crippen LogP contribution in [0.15, 0.2) is 0 Å². The summed E-state index contributed by atoms with van der Waals surface area (Å²) in [6.07, 6.45) is 0.937. The molecule has 0 radical (unpaired) electrons. The molecule has 82 valence electrons. The van der Waals surface area contributed by atoms with Gasteiger partial charge in [-0.2, -0.15) is 20.2 Å². The van der Waals surface area contributed by atoms with Crippen LogP contribution in [-0.2, 0) is 19.1 Å². The maximum absolute atomic E-state index is 11.4. The maximum atomic E-state index is 11.4. The summed E-state index contributed by atoms with van der Waals surface area (Å²) in [7, 11) is -3.51. The van der Waals surface area contributed by atoms with E-state index in [1.165, 1.54) is 0 Å². The van der Waals surface area contributed by atoms with Gasteiger partial charge >= 0.3 is 0 Å². The fourth-order valence-corrected chi connectivity index (χ4v) is 2.28. The van der Waals surface area contributed by atoms with E-state index < -0.39 is 10.1 Å². The van der Waals surface area contributed by atoms with E-state index in [1.54, 1.807) is 16.7 Å². The molecule has 0 aromatic carbocycles. The molecule has 0 N–H and O–H groups in total. The molecule has 0 bridgehead atoms. The molecular weight excluding hydrogens is 226 g/mol. The Bertz CT molecular complexity index is 295. The first kappa shape index (κ1) is 11.8. The van der Waals surface area contributed by atoms with Crippen molar-refractivity contribution < 1.29 is 17.4 Å². The SMILES string of the molecule is CS(=O)(=O)OCC(=O)N1CCSCC1. The van der Waals surface area contributed by atoms with Crippen LogP contribution >= 0.6 is 11.8 Å². The Kier molecular flexibility index (Phi) is 4.21. The third-order valence-corrected chi connectivity index (χ3v) is 3.25. The van der Waals surface area contributed by atoms with Crippen LogP contribution in [-0.4, -0.2) is 56.7 Å². The van der Waals surface area contributed by atoms with Crippen molar-refractivity contribution in [1.29, 1.82) is 0 Å². The fraction of sp³-hybridized carbons (Fsp3) is 0.857. The number of carbonyl (C=O) groups is 1. The number of nitrogens with zero attached hydrogens (tertiary/aromatic N) is 1. The molecule has 1 saturated heterocycles. The minimum atomic E-state index is -3.51. The zero-order valence-corrected chi connectivity index (χ0v) is 9.57. The highest BCUT2D eigenvalue weighted by Crippen LogP contribution is 2.09. The monoisotopic (exact) mass is 239 g/mol. The lowest BCUT2D eigenvalue weighted by atomic mass is 10.4. The van der Waals surface area contributed by atoms with Gasteiger partial charge in [-0.25, -0.2) is 0 Å². The molecule has 0 spiro atoms. The Hall–Kier alpha value is -0.270. The van der Waals surface area contributed by atoms with Crippen molar-refractivity contribution in [3.63, 3.8) is 0 Å². The Morgan fingerprint density at radius 1 is 1.43 bits per heavy atom. The second-order valence-electron chi connectivity index (χ2n) is 2.96. The molecule has 7 heteroatoms. The molecule has 5 nitrogen and oxygen atoms in total. The van der Waals surface area contributed by atoms with Gasteiger partial charge in [0.15, 0.2) is 0 Å². The predicted molar refractivity (Wildman–Crippen MR) is 54.7 cm³/mol. The Balaban J connectivity index is 2.34. The third kappa shape index (κ3) is 4.30. The second kappa shape index (κ2) is 4.99. The van der Waals surface area contributed by atoms with Crippen LogP contribution in [0, 0.1) is 0 Å². The molecule has 0 atom stereocenters. The largest absolute Gasteiger partial charge is 0.339 e. The molecule has 1 heterocycles. The van der Waals surface area contributed by atoms with Gasteiger partial charge in [0.05, 0.1) is 6.26 Å². The van der Waals surface area contributed by atoms with Gasteiger partial charge in [-0.1, -0.05) is 0 Å². The van der Waals surface area contributed by atoms with Gasteiger partial charge in [0.2, 0.25) is 5.91 Å². The molecule has 14 heavy (non-hydrogen) atoms. The highest BCUT2D eigenvalue weighted by molar-refractivity contribution is 7.99. The van der Waals surface area contributed by atoms with Gasteiger partial charge in [0.25, 0.3) is 10.1 Å². The minimum Gasteiger partial charge on any atom is -0.339 e. The van der Waals surface area contributed by atoms with Crippen molar-refractivity contribution in [3.05, 3.63) is 0 Å². The summed E-state index contributed by atoms with van der Waals surface area (Å²) >= 11 is 1.79. The van der Waals surface area contributed by atoms with Gasteiger partial charge < -0.3 is 4.90 Å². The summed E-state index contributed by atoms with van der Waals surface area (Å²) in [5.41, 5.74) is 0. The van der Waals surface area contributed by atoms with E-state index in [-0.39, 0.29) is 12.5 Å².